The summed E-state index contributed by atoms with van der Waals surface area (Å²) in [5.74, 6) is 1.13. The van der Waals surface area contributed by atoms with Crippen LogP contribution in [0.4, 0.5) is 0 Å². The Hall–Kier alpha value is -2.30. The van der Waals surface area contributed by atoms with Crippen LogP contribution in [0.15, 0.2) is 23.0 Å². The zero-order valence-electron chi connectivity index (χ0n) is 22.3. The molecular weight excluding hydrogens is 436 g/mol. The highest BCUT2D eigenvalue weighted by molar-refractivity contribution is 5.90. The first-order valence-electron chi connectivity index (χ1n) is 14.1. The monoisotopic (exact) mass is 482 g/mol. The van der Waals surface area contributed by atoms with E-state index in [-0.39, 0.29) is 17.4 Å². The molecule has 1 aromatic heterocycles. The first-order chi connectivity index (χ1) is 17.1. The number of unbranched alkanes of at least 4 members (excludes halogenated alkanes) is 7. The van der Waals surface area contributed by atoms with E-state index in [2.05, 4.69) is 23.7 Å². The molecule has 1 heterocycles. The van der Waals surface area contributed by atoms with Crippen molar-refractivity contribution >= 4 is 16.8 Å². The van der Waals surface area contributed by atoms with Gasteiger partial charge < -0.3 is 14.6 Å². The van der Waals surface area contributed by atoms with Crippen molar-refractivity contribution < 1.29 is 9.53 Å². The number of nitrogens with zero attached hydrogens (tertiary/aromatic N) is 1. The van der Waals surface area contributed by atoms with Crippen molar-refractivity contribution in [2.75, 3.05) is 20.2 Å². The lowest BCUT2D eigenvalue weighted by Crippen LogP contribution is -2.35. The van der Waals surface area contributed by atoms with Gasteiger partial charge in [0, 0.05) is 30.1 Å². The summed E-state index contributed by atoms with van der Waals surface area (Å²) in [5, 5.41) is 0.980. The van der Waals surface area contributed by atoms with Gasteiger partial charge in [-0.2, -0.15) is 0 Å². The summed E-state index contributed by atoms with van der Waals surface area (Å²) in [7, 11) is 1.63. The van der Waals surface area contributed by atoms with Crippen LogP contribution >= 0.6 is 0 Å². The van der Waals surface area contributed by atoms with Gasteiger partial charge in [-0.15, -0.1) is 0 Å². The zero-order valence-corrected chi connectivity index (χ0v) is 22.3. The number of fused-ring (bicyclic) bond motifs is 1. The standard InChI is InChI=1S/C30H46N2O3/c1-4-6-8-9-10-14-20-32(19-13-7-5-2)28(33)22-26-25-18-17-24(35-3)21-27(25)31-30(34)29(26)23-15-11-12-16-23/h17-18,21,23H,4-16,19-20,22H2,1-3H3,(H,31,34). The first-order valence-corrected chi connectivity index (χ1v) is 14.1. The third-order valence-corrected chi connectivity index (χ3v) is 7.63. The first kappa shape index (κ1) is 27.3. The van der Waals surface area contributed by atoms with E-state index in [1.807, 2.05) is 18.2 Å². The average molecular weight is 483 g/mol. The summed E-state index contributed by atoms with van der Waals surface area (Å²) >= 11 is 0. The molecule has 0 bridgehead atoms. The molecule has 0 unspecified atom stereocenters. The molecule has 0 atom stereocenters. The normalized spacial score (nSPS) is 14.0. The summed E-state index contributed by atoms with van der Waals surface area (Å²) in [6.07, 6.45) is 15.3. The second-order valence-corrected chi connectivity index (χ2v) is 10.3. The lowest BCUT2D eigenvalue weighted by atomic mass is 9.89. The number of aromatic nitrogens is 1. The lowest BCUT2D eigenvalue weighted by Gasteiger charge is -2.25. The van der Waals surface area contributed by atoms with Crippen LogP contribution < -0.4 is 10.3 Å². The van der Waals surface area contributed by atoms with Gasteiger partial charge in [-0.3, -0.25) is 9.59 Å². The molecule has 35 heavy (non-hydrogen) atoms. The topological polar surface area (TPSA) is 62.4 Å². The molecule has 1 aliphatic carbocycles. The largest absolute Gasteiger partial charge is 0.497 e. The number of ether oxygens (including phenoxy) is 1. The predicted molar refractivity (Wildman–Crippen MR) is 146 cm³/mol. The molecule has 0 aliphatic heterocycles. The van der Waals surface area contributed by atoms with Gasteiger partial charge in [0.1, 0.15) is 5.75 Å². The predicted octanol–water partition coefficient (Wildman–Crippen LogP) is 7.12. The fourth-order valence-electron chi connectivity index (χ4n) is 5.59. The highest BCUT2D eigenvalue weighted by atomic mass is 16.5. The molecule has 5 nitrogen and oxygen atoms in total. The number of H-pyrrole nitrogens is 1. The van der Waals surface area contributed by atoms with E-state index in [1.54, 1.807) is 7.11 Å². The van der Waals surface area contributed by atoms with Gasteiger partial charge in [0.15, 0.2) is 0 Å². The second-order valence-electron chi connectivity index (χ2n) is 10.3. The van der Waals surface area contributed by atoms with Gasteiger partial charge in [0.05, 0.1) is 19.0 Å². The zero-order chi connectivity index (χ0) is 25.0. The van der Waals surface area contributed by atoms with E-state index >= 15 is 0 Å². The minimum atomic E-state index is -0.0334. The van der Waals surface area contributed by atoms with E-state index in [0.717, 1.165) is 86.5 Å². The number of benzene rings is 1. The number of pyridine rings is 1. The van der Waals surface area contributed by atoms with Crippen LogP contribution in [-0.4, -0.2) is 36.0 Å². The molecule has 1 amide bonds. The van der Waals surface area contributed by atoms with Gasteiger partial charge in [-0.25, -0.2) is 0 Å². The Morgan fingerprint density at radius 2 is 1.60 bits per heavy atom. The molecule has 3 rings (SSSR count). The number of amides is 1. The molecule has 1 N–H and O–H groups in total. The van der Waals surface area contributed by atoms with Crippen LogP contribution in [0.5, 0.6) is 5.75 Å². The summed E-state index contributed by atoms with van der Waals surface area (Å²) < 4.78 is 5.39. The van der Waals surface area contributed by atoms with Crippen LogP contribution in [-0.2, 0) is 11.2 Å². The summed E-state index contributed by atoms with van der Waals surface area (Å²) in [4.78, 5) is 32.2. The maximum absolute atomic E-state index is 13.7. The quantitative estimate of drug-likeness (QED) is 0.275. The average Bonchev–Trinajstić information content (AvgIpc) is 3.39. The number of hydrogen-bond acceptors (Lipinski definition) is 3. The van der Waals surface area contributed by atoms with E-state index < -0.39 is 0 Å². The number of aromatic amines is 1. The smallest absolute Gasteiger partial charge is 0.252 e. The minimum absolute atomic E-state index is 0.0334. The Morgan fingerprint density at radius 1 is 0.971 bits per heavy atom. The number of carbonyl (C=O) groups excluding carboxylic acids is 1. The Labute approximate surface area is 211 Å². The molecule has 1 aliphatic rings. The fourth-order valence-corrected chi connectivity index (χ4v) is 5.59. The van der Waals surface area contributed by atoms with E-state index in [1.165, 1.54) is 32.1 Å². The fraction of sp³-hybridized carbons (Fsp3) is 0.667. The molecule has 1 saturated carbocycles. The van der Waals surface area contributed by atoms with Gasteiger partial charge in [-0.05, 0) is 49.3 Å². The number of rotatable bonds is 15. The second kappa shape index (κ2) is 14.3. The Morgan fingerprint density at radius 3 is 2.29 bits per heavy atom. The van der Waals surface area contributed by atoms with Crippen molar-refractivity contribution in [3.8, 4) is 5.75 Å². The molecule has 5 heteroatoms. The van der Waals surface area contributed by atoms with E-state index in [4.69, 9.17) is 4.74 Å². The van der Waals surface area contributed by atoms with Crippen LogP contribution in [0.1, 0.15) is 114 Å². The third kappa shape index (κ3) is 7.59. The van der Waals surface area contributed by atoms with E-state index in [9.17, 15) is 9.59 Å². The highest BCUT2D eigenvalue weighted by Gasteiger charge is 2.27. The summed E-state index contributed by atoms with van der Waals surface area (Å²) in [6.45, 7) is 6.07. The molecule has 1 aromatic carbocycles. The van der Waals surface area contributed by atoms with Gasteiger partial charge in [0.2, 0.25) is 5.91 Å². The van der Waals surface area contributed by atoms with Crippen molar-refractivity contribution in [3.05, 3.63) is 39.7 Å². The molecular formula is C30H46N2O3. The highest BCUT2D eigenvalue weighted by Crippen LogP contribution is 2.36. The van der Waals surface area contributed by atoms with Crippen molar-refractivity contribution in [1.82, 2.24) is 9.88 Å². The van der Waals surface area contributed by atoms with Crippen LogP contribution in [0.25, 0.3) is 10.9 Å². The van der Waals surface area contributed by atoms with Crippen molar-refractivity contribution in [2.24, 2.45) is 0 Å². The molecule has 0 saturated heterocycles. The van der Waals surface area contributed by atoms with Crippen LogP contribution in [0.2, 0.25) is 0 Å². The molecule has 1 fully saturated rings. The van der Waals surface area contributed by atoms with Gasteiger partial charge in [0.25, 0.3) is 5.56 Å². The van der Waals surface area contributed by atoms with E-state index in [0.29, 0.717) is 12.2 Å². The maximum Gasteiger partial charge on any atom is 0.252 e. The Balaban J connectivity index is 1.85. The molecule has 2 aromatic rings. The van der Waals surface area contributed by atoms with Crippen molar-refractivity contribution in [2.45, 2.75) is 110 Å². The molecule has 0 radical (unpaired) electrons. The lowest BCUT2D eigenvalue weighted by molar-refractivity contribution is -0.130. The van der Waals surface area contributed by atoms with Crippen LogP contribution in [0.3, 0.4) is 0 Å². The number of methoxy groups -OCH3 is 1. The van der Waals surface area contributed by atoms with Gasteiger partial charge >= 0.3 is 0 Å². The van der Waals surface area contributed by atoms with Crippen LogP contribution in [0, 0.1) is 0 Å². The number of hydrogen-bond donors (Lipinski definition) is 1. The molecule has 0 spiro atoms. The number of carbonyl (C=O) groups is 1. The number of nitrogens with one attached hydrogen (secondary N) is 1. The van der Waals surface area contributed by atoms with Crippen molar-refractivity contribution in [1.29, 1.82) is 0 Å². The summed E-state index contributed by atoms with van der Waals surface area (Å²) in [5.41, 5.74) is 2.51. The maximum atomic E-state index is 13.7. The SMILES string of the molecule is CCCCCCCCN(CCCCC)C(=O)Cc1c(C2CCCC2)c(=O)[nH]c2cc(OC)ccc12. The minimum Gasteiger partial charge on any atom is -0.497 e. The van der Waals surface area contributed by atoms with Gasteiger partial charge in [-0.1, -0.05) is 71.6 Å². The Bertz CT molecular complexity index is 991. The van der Waals surface area contributed by atoms with Crippen molar-refractivity contribution in [3.63, 3.8) is 0 Å². The Kier molecular flexibility index (Phi) is 11.2. The summed E-state index contributed by atoms with van der Waals surface area (Å²) in [6, 6.07) is 5.82. The third-order valence-electron chi connectivity index (χ3n) is 7.63. The molecule has 194 valence electrons.